The van der Waals surface area contributed by atoms with Gasteiger partial charge in [-0.05, 0) is 57.7 Å². The molecule has 112 valence electrons. The highest BCUT2D eigenvalue weighted by Crippen LogP contribution is 2.23. The minimum Gasteiger partial charge on any atom is -0.378 e. The Morgan fingerprint density at radius 1 is 1.35 bits per heavy atom. The molecule has 1 N–H and O–H groups in total. The topological polar surface area (TPSA) is 21.3 Å². The largest absolute Gasteiger partial charge is 0.378 e. The Labute approximate surface area is 127 Å². The highest BCUT2D eigenvalue weighted by Gasteiger charge is 2.14. The van der Waals surface area contributed by atoms with Gasteiger partial charge in [-0.1, -0.05) is 12.1 Å². The van der Waals surface area contributed by atoms with Crippen molar-refractivity contribution < 1.29 is 4.74 Å². The molecule has 1 atom stereocenters. The summed E-state index contributed by atoms with van der Waals surface area (Å²) in [7, 11) is 0. The van der Waals surface area contributed by atoms with E-state index in [-0.39, 0.29) is 5.54 Å². The predicted molar refractivity (Wildman–Crippen MR) is 87.3 cm³/mol. The summed E-state index contributed by atoms with van der Waals surface area (Å²) in [5.74, 6) is 1.15. The van der Waals surface area contributed by atoms with Gasteiger partial charge in [0.2, 0.25) is 0 Å². The first-order chi connectivity index (χ1) is 9.53. The van der Waals surface area contributed by atoms with Crippen LogP contribution in [0.15, 0.2) is 29.2 Å². The van der Waals surface area contributed by atoms with Crippen LogP contribution >= 0.6 is 11.8 Å². The van der Waals surface area contributed by atoms with E-state index in [0.29, 0.717) is 6.10 Å². The number of nitrogens with one attached hydrogen (secondary N) is 1. The van der Waals surface area contributed by atoms with Crippen LogP contribution in [0.25, 0.3) is 0 Å². The molecule has 0 bridgehead atoms. The first-order valence-electron chi connectivity index (χ1n) is 7.61. The molecule has 1 aromatic rings. The maximum atomic E-state index is 5.67. The van der Waals surface area contributed by atoms with Crippen LogP contribution in [-0.2, 0) is 11.3 Å². The Hall–Kier alpha value is -0.510. The molecule has 1 aromatic carbocycles. The molecule has 1 fully saturated rings. The number of hydrogen-bond acceptors (Lipinski definition) is 3. The molecule has 1 saturated heterocycles. The summed E-state index contributed by atoms with van der Waals surface area (Å²) in [5, 5.41) is 3.54. The summed E-state index contributed by atoms with van der Waals surface area (Å²) in [6, 6.07) is 8.87. The van der Waals surface area contributed by atoms with E-state index in [1.807, 2.05) is 11.8 Å². The van der Waals surface area contributed by atoms with Crippen LogP contribution in [0.5, 0.6) is 0 Å². The molecule has 2 rings (SSSR count). The Kier molecular flexibility index (Phi) is 5.94. The standard InChI is InChI=1S/C17H27NOS/c1-17(2,3)18-13-14-6-4-8-16(12-14)20-11-9-15-7-5-10-19-15/h4,6,8,12,15,18H,5,7,9-11,13H2,1-3H3. The molecule has 0 radical (unpaired) electrons. The number of rotatable bonds is 6. The van der Waals surface area contributed by atoms with Crippen molar-refractivity contribution in [2.75, 3.05) is 12.4 Å². The van der Waals surface area contributed by atoms with E-state index in [1.165, 1.54) is 29.7 Å². The van der Waals surface area contributed by atoms with Crippen molar-refractivity contribution in [3.63, 3.8) is 0 Å². The average molecular weight is 293 g/mol. The molecule has 0 amide bonds. The van der Waals surface area contributed by atoms with Gasteiger partial charge in [0, 0.05) is 29.3 Å². The van der Waals surface area contributed by atoms with Gasteiger partial charge in [-0.3, -0.25) is 0 Å². The molecular weight excluding hydrogens is 266 g/mol. The van der Waals surface area contributed by atoms with Crippen LogP contribution in [0.2, 0.25) is 0 Å². The summed E-state index contributed by atoms with van der Waals surface area (Å²) in [6.45, 7) is 8.50. The quantitative estimate of drug-likeness (QED) is 0.793. The SMILES string of the molecule is CC(C)(C)NCc1cccc(SCCC2CCCO2)c1. The lowest BCUT2D eigenvalue weighted by atomic mass is 10.1. The molecule has 20 heavy (non-hydrogen) atoms. The van der Waals surface area contributed by atoms with Gasteiger partial charge < -0.3 is 10.1 Å². The minimum atomic E-state index is 0.170. The van der Waals surface area contributed by atoms with Crippen LogP contribution in [-0.4, -0.2) is 24.0 Å². The summed E-state index contributed by atoms with van der Waals surface area (Å²) in [5.41, 5.74) is 1.53. The Bertz CT molecular complexity index is 408. The van der Waals surface area contributed by atoms with E-state index >= 15 is 0 Å². The van der Waals surface area contributed by atoms with Crippen molar-refractivity contribution in [1.29, 1.82) is 0 Å². The second-order valence-electron chi connectivity index (χ2n) is 6.52. The van der Waals surface area contributed by atoms with Crippen molar-refractivity contribution in [1.82, 2.24) is 5.32 Å². The summed E-state index contributed by atoms with van der Waals surface area (Å²) < 4.78 is 5.67. The first-order valence-corrected chi connectivity index (χ1v) is 8.60. The minimum absolute atomic E-state index is 0.170. The van der Waals surface area contributed by atoms with Gasteiger partial charge in [-0.25, -0.2) is 0 Å². The van der Waals surface area contributed by atoms with E-state index in [2.05, 4.69) is 50.4 Å². The van der Waals surface area contributed by atoms with Gasteiger partial charge in [0.1, 0.15) is 0 Å². The van der Waals surface area contributed by atoms with Crippen LogP contribution < -0.4 is 5.32 Å². The Morgan fingerprint density at radius 2 is 2.20 bits per heavy atom. The molecule has 1 unspecified atom stereocenters. The van der Waals surface area contributed by atoms with E-state index in [1.54, 1.807) is 0 Å². The molecule has 0 saturated carbocycles. The average Bonchev–Trinajstić information content (AvgIpc) is 2.89. The third-order valence-corrected chi connectivity index (χ3v) is 4.48. The fourth-order valence-electron chi connectivity index (χ4n) is 2.29. The van der Waals surface area contributed by atoms with Crippen LogP contribution in [0.1, 0.15) is 45.6 Å². The van der Waals surface area contributed by atoms with Gasteiger partial charge in [0.15, 0.2) is 0 Å². The molecular formula is C17H27NOS. The molecule has 0 spiro atoms. The van der Waals surface area contributed by atoms with Crippen LogP contribution in [0.3, 0.4) is 0 Å². The monoisotopic (exact) mass is 293 g/mol. The molecule has 1 aliphatic heterocycles. The molecule has 1 aliphatic rings. The van der Waals surface area contributed by atoms with Gasteiger partial charge >= 0.3 is 0 Å². The smallest absolute Gasteiger partial charge is 0.0584 e. The normalized spacial score (nSPS) is 19.4. The lowest BCUT2D eigenvalue weighted by Gasteiger charge is -2.20. The third-order valence-electron chi connectivity index (χ3n) is 3.45. The van der Waals surface area contributed by atoms with E-state index in [4.69, 9.17) is 4.74 Å². The fraction of sp³-hybridized carbons (Fsp3) is 0.647. The zero-order valence-electron chi connectivity index (χ0n) is 12.9. The van der Waals surface area contributed by atoms with Crippen LogP contribution in [0, 0.1) is 0 Å². The van der Waals surface area contributed by atoms with Gasteiger partial charge in [-0.15, -0.1) is 11.8 Å². The zero-order valence-corrected chi connectivity index (χ0v) is 13.8. The number of benzene rings is 1. The second kappa shape index (κ2) is 7.48. The lowest BCUT2D eigenvalue weighted by Crippen LogP contribution is -2.35. The van der Waals surface area contributed by atoms with Crippen molar-refractivity contribution in [3.05, 3.63) is 29.8 Å². The van der Waals surface area contributed by atoms with Crippen LogP contribution in [0.4, 0.5) is 0 Å². The number of ether oxygens (including phenoxy) is 1. The Balaban J connectivity index is 1.76. The number of thioether (sulfide) groups is 1. The maximum Gasteiger partial charge on any atom is 0.0584 e. The van der Waals surface area contributed by atoms with Crippen molar-refractivity contribution in [2.45, 2.75) is 63.1 Å². The van der Waals surface area contributed by atoms with Gasteiger partial charge in [0.05, 0.1) is 6.10 Å². The molecule has 3 heteroatoms. The molecule has 0 aromatic heterocycles. The molecule has 2 nitrogen and oxygen atoms in total. The van der Waals surface area contributed by atoms with E-state index in [0.717, 1.165) is 18.9 Å². The summed E-state index contributed by atoms with van der Waals surface area (Å²) in [6.07, 6.45) is 4.17. The molecule has 1 heterocycles. The van der Waals surface area contributed by atoms with Crippen molar-refractivity contribution in [3.8, 4) is 0 Å². The summed E-state index contributed by atoms with van der Waals surface area (Å²) >= 11 is 1.95. The predicted octanol–water partition coefficient (Wildman–Crippen LogP) is 4.24. The number of hydrogen-bond donors (Lipinski definition) is 1. The van der Waals surface area contributed by atoms with E-state index < -0.39 is 0 Å². The maximum absolute atomic E-state index is 5.67. The summed E-state index contributed by atoms with van der Waals surface area (Å²) in [4.78, 5) is 1.37. The third kappa shape index (κ3) is 5.86. The first kappa shape index (κ1) is 15.9. The van der Waals surface area contributed by atoms with E-state index in [9.17, 15) is 0 Å². The van der Waals surface area contributed by atoms with Crippen molar-refractivity contribution >= 4 is 11.8 Å². The highest BCUT2D eigenvalue weighted by molar-refractivity contribution is 7.99. The van der Waals surface area contributed by atoms with Crippen molar-refractivity contribution in [2.24, 2.45) is 0 Å². The lowest BCUT2D eigenvalue weighted by molar-refractivity contribution is 0.109. The second-order valence-corrected chi connectivity index (χ2v) is 7.69. The fourth-order valence-corrected chi connectivity index (χ4v) is 3.32. The Morgan fingerprint density at radius 3 is 2.90 bits per heavy atom. The van der Waals surface area contributed by atoms with Gasteiger partial charge in [-0.2, -0.15) is 0 Å². The highest BCUT2D eigenvalue weighted by atomic mass is 32.2. The molecule has 0 aliphatic carbocycles. The zero-order chi connectivity index (χ0) is 14.4. The van der Waals surface area contributed by atoms with Gasteiger partial charge in [0.25, 0.3) is 0 Å².